The van der Waals surface area contributed by atoms with Crippen LogP contribution < -0.4 is 0 Å². The van der Waals surface area contributed by atoms with Crippen molar-refractivity contribution in [3.05, 3.63) is 35.7 Å². The van der Waals surface area contributed by atoms with Crippen molar-refractivity contribution in [1.29, 1.82) is 0 Å². The Kier molecular flexibility index (Phi) is 3.08. The van der Waals surface area contributed by atoms with E-state index in [1.807, 2.05) is 5.41 Å². The van der Waals surface area contributed by atoms with E-state index in [1.165, 1.54) is 10.3 Å². The molecule has 0 aliphatic rings. The van der Waals surface area contributed by atoms with Gasteiger partial charge >= 0.3 is 0 Å². The van der Waals surface area contributed by atoms with Gasteiger partial charge in [-0.15, -0.1) is 11.3 Å². The predicted molar refractivity (Wildman–Crippen MR) is 74.4 cm³/mol. The maximum atomic E-state index is 4.59. The first kappa shape index (κ1) is 11.7. The van der Waals surface area contributed by atoms with Crippen LogP contribution in [-0.4, -0.2) is 4.98 Å². The Bertz CT molecular complexity index is 520. The van der Waals surface area contributed by atoms with Crippen LogP contribution in [0.25, 0.3) is 10.2 Å². The summed E-state index contributed by atoms with van der Waals surface area (Å²) in [5, 5.41) is 1.82. The number of hydrogen-bond acceptors (Lipinski definition) is 3. The number of fused-ring (bicyclic) bond motifs is 1. The minimum Gasteiger partial charge on any atom is -0.229 e. The number of thiazole rings is 1. The van der Waals surface area contributed by atoms with Crippen LogP contribution in [0.3, 0.4) is 0 Å². The van der Waals surface area contributed by atoms with Crippen molar-refractivity contribution in [2.75, 3.05) is 0 Å². The molecule has 16 heavy (non-hydrogen) atoms. The standard InChI is InChI=1S/C13H15NS2/c1-5-15-12-14-10-8-9(13(2,3)4)6-7-11(10)16-12/h5-8H,1H2,2-4H3. The molecule has 84 valence electrons. The van der Waals surface area contributed by atoms with E-state index in [1.54, 1.807) is 23.1 Å². The molecule has 0 unspecified atom stereocenters. The molecule has 3 heteroatoms. The normalized spacial score (nSPS) is 11.9. The molecule has 0 amide bonds. The minimum atomic E-state index is 0.184. The quantitative estimate of drug-likeness (QED) is 0.707. The predicted octanol–water partition coefficient (Wildman–Crippen LogP) is 4.83. The highest BCUT2D eigenvalue weighted by Gasteiger charge is 2.14. The molecule has 2 aromatic rings. The average molecular weight is 249 g/mol. The van der Waals surface area contributed by atoms with Gasteiger partial charge in [-0.25, -0.2) is 4.98 Å². The molecule has 0 aliphatic carbocycles. The molecule has 1 nitrogen and oxygen atoms in total. The van der Waals surface area contributed by atoms with Gasteiger partial charge in [-0.2, -0.15) is 0 Å². The maximum absolute atomic E-state index is 4.59. The molecule has 0 bridgehead atoms. The van der Waals surface area contributed by atoms with Crippen molar-refractivity contribution in [3.63, 3.8) is 0 Å². The maximum Gasteiger partial charge on any atom is 0.155 e. The third-order valence-electron chi connectivity index (χ3n) is 2.42. The van der Waals surface area contributed by atoms with Crippen molar-refractivity contribution in [2.45, 2.75) is 30.5 Å². The Hall–Kier alpha value is -0.800. The summed E-state index contributed by atoms with van der Waals surface area (Å²) in [6.45, 7) is 10.4. The lowest BCUT2D eigenvalue weighted by atomic mass is 9.87. The number of aromatic nitrogens is 1. The molecule has 2 rings (SSSR count). The van der Waals surface area contributed by atoms with Crippen molar-refractivity contribution < 1.29 is 0 Å². The Morgan fingerprint density at radius 1 is 1.38 bits per heavy atom. The zero-order chi connectivity index (χ0) is 11.8. The lowest BCUT2D eigenvalue weighted by Crippen LogP contribution is -2.10. The number of rotatable bonds is 2. The van der Waals surface area contributed by atoms with Crippen LogP contribution in [0.4, 0.5) is 0 Å². The molecule has 0 N–H and O–H groups in total. The second-order valence-electron chi connectivity index (χ2n) is 4.70. The SMILES string of the molecule is C=CSc1nc2cc(C(C)(C)C)ccc2s1. The van der Waals surface area contributed by atoms with E-state index >= 15 is 0 Å². The molecule has 0 saturated heterocycles. The molecular weight excluding hydrogens is 234 g/mol. The van der Waals surface area contributed by atoms with E-state index in [0.717, 1.165) is 9.86 Å². The summed E-state index contributed by atoms with van der Waals surface area (Å²) in [7, 11) is 0. The zero-order valence-electron chi connectivity index (χ0n) is 9.78. The summed E-state index contributed by atoms with van der Waals surface area (Å²) in [5.41, 5.74) is 2.62. The van der Waals surface area contributed by atoms with E-state index in [2.05, 4.69) is 50.5 Å². The highest BCUT2D eigenvalue weighted by Crippen LogP contribution is 2.32. The van der Waals surface area contributed by atoms with Crippen LogP contribution in [0, 0.1) is 0 Å². The smallest absolute Gasteiger partial charge is 0.155 e. The highest BCUT2D eigenvalue weighted by atomic mass is 32.2. The van der Waals surface area contributed by atoms with Crippen molar-refractivity contribution in [3.8, 4) is 0 Å². The minimum absolute atomic E-state index is 0.184. The third-order valence-corrected chi connectivity index (χ3v) is 4.25. The van der Waals surface area contributed by atoms with E-state index < -0.39 is 0 Å². The third kappa shape index (κ3) is 2.30. The van der Waals surface area contributed by atoms with Crippen LogP contribution in [0.5, 0.6) is 0 Å². The first-order chi connectivity index (χ1) is 7.50. The van der Waals surface area contributed by atoms with Crippen LogP contribution in [0.2, 0.25) is 0 Å². The fourth-order valence-electron chi connectivity index (χ4n) is 1.49. The van der Waals surface area contributed by atoms with Crippen molar-refractivity contribution >= 4 is 33.3 Å². The van der Waals surface area contributed by atoms with Gasteiger partial charge in [0.1, 0.15) is 0 Å². The fourth-order valence-corrected chi connectivity index (χ4v) is 3.13. The van der Waals surface area contributed by atoms with Gasteiger partial charge in [0.15, 0.2) is 4.34 Å². The van der Waals surface area contributed by atoms with Crippen LogP contribution >= 0.6 is 23.1 Å². The summed E-state index contributed by atoms with van der Waals surface area (Å²) < 4.78 is 2.31. The molecule has 0 atom stereocenters. The lowest BCUT2D eigenvalue weighted by Gasteiger charge is -2.18. The second-order valence-corrected chi connectivity index (χ2v) is 6.94. The molecule has 0 saturated carbocycles. The van der Waals surface area contributed by atoms with Crippen LogP contribution in [0.15, 0.2) is 34.5 Å². The zero-order valence-corrected chi connectivity index (χ0v) is 11.4. The summed E-state index contributed by atoms with van der Waals surface area (Å²) in [4.78, 5) is 4.59. The van der Waals surface area contributed by atoms with Gasteiger partial charge in [0.05, 0.1) is 10.2 Å². The topological polar surface area (TPSA) is 12.9 Å². The molecule has 1 aromatic heterocycles. The van der Waals surface area contributed by atoms with Crippen LogP contribution in [-0.2, 0) is 5.41 Å². The van der Waals surface area contributed by atoms with Gasteiger partial charge < -0.3 is 0 Å². The summed E-state index contributed by atoms with van der Waals surface area (Å²) in [5.74, 6) is 0. The van der Waals surface area contributed by atoms with E-state index in [-0.39, 0.29) is 5.41 Å². The molecular formula is C13H15NS2. The molecule has 0 fully saturated rings. The molecule has 1 heterocycles. The number of hydrogen-bond donors (Lipinski definition) is 0. The first-order valence-corrected chi connectivity index (χ1v) is 6.89. The summed E-state index contributed by atoms with van der Waals surface area (Å²) >= 11 is 3.31. The van der Waals surface area contributed by atoms with Gasteiger partial charge in [0.2, 0.25) is 0 Å². The Morgan fingerprint density at radius 2 is 2.12 bits per heavy atom. The fraction of sp³-hybridized carbons (Fsp3) is 0.308. The van der Waals surface area contributed by atoms with E-state index in [0.29, 0.717) is 0 Å². The number of thioether (sulfide) groups is 1. The number of benzene rings is 1. The van der Waals surface area contributed by atoms with E-state index in [9.17, 15) is 0 Å². The van der Waals surface area contributed by atoms with Gasteiger partial charge in [-0.05, 0) is 28.5 Å². The van der Waals surface area contributed by atoms with Gasteiger partial charge in [-0.3, -0.25) is 0 Å². The second kappa shape index (κ2) is 4.22. The van der Waals surface area contributed by atoms with Crippen molar-refractivity contribution in [2.24, 2.45) is 0 Å². The largest absolute Gasteiger partial charge is 0.229 e. The lowest BCUT2D eigenvalue weighted by molar-refractivity contribution is 0.591. The first-order valence-electron chi connectivity index (χ1n) is 5.19. The molecule has 0 radical (unpaired) electrons. The van der Waals surface area contributed by atoms with Crippen LogP contribution in [0.1, 0.15) is 26.3 Å². The Balaban J connectivity index is 2.49. The van der Waals surface area contributed by atoms with E-state index in [4.69, 9.17) is 0 Å². The summed E-state index contributed by atoms with van der Waals surface area (Å²) in [6.07, 6.45) is 0. The Morgan fingerprint density at radius 3 is 2.75 bits per heavy atom. The Labute approximate surface area is 105 Å². The molecule has 0 spiro atoms. The van der Waals surface area contributed by atoms with Gasteiger partial charge in [0.25, 0.3) is 0 Å². The highest BCUT2D eigenvalue weighted by molar-refractivity contribution is 8.03. The van der Waals surface area contributed by atoms with Crippen molar-refractivity contribution in [1.82, 2.24) is 4.98 Å². The average Bonchev–Trinajstić information content (AvgIpc) is 2.57. The monoisotopic (exact) mass is 249 g/mol. The summed E-state index contributed by atoms with van der Waals surface area (Å²) in [6, 6.07) is 6.56. The molecule has 1 aromatic carbocycles. The van der Waals surface area contributed by atoms with Gasteiger partial charge in [-0.1, -0.05) is 45.2 Å². The van der Waals surface area contributed by atoms with Gasteiger partial charge in [0, 0.05) is 0 Å². The number of nitrogens with zero attached hydrogens (tertiary/aromatic N) is 1. The molecule has 0 aliphatic heterocycles.